The third kappa shape index (κ3) is 5.17. The summed E-state index contributed by atoms with van der Waals surface area (Å²) in [6.07, 6.45) is 9.15. The smallest absolute Gasteiger partial charge is 0.338 e. The molecule has 10 heteroatoms. The predicted molar refractivity (Wildman–Crippen MR) is 148 cm³/mol. The van der Waals surface area contributed by atoms with Crippen LogP contribution in [0.2, 0.25) is 5.02 Å². The van der Waals surface area contributed by atoms with E-state index >= 15 is 4.39 Å². The fourth-order valence-corrected chi connectivity index (χ4v) is 6.46. The number of ether oxygens (including phenoxy) is 1. The number of nitrogens with zero attached hydrogens (tertiary/aromatic N) is 5. The Bertz CT molecular complexity index is 1500. The number of cyclic esters (lactones) is 1. The molecule has 1 N–H and O–H groups in total. The van der Waals surface area contributed by atoms with Crippen LogP contribution in [0.25, 0.3) is 10.6 Å². The van der Waals surface area contributed by atoms with Crippen molar-refractivity contribution in [1.82, 2.24) is 19.6 Å². The molecule has 2 aliphatic rings. The van der Waals surface area contributed by atoms with E-state index in [4.69, 9.17) is 22.9 Å². The minimum atomic E-state index is -0.870. The van der Waals surface area contributed by atoms with Crippen molar-refractivity contribution in [3.8, 4) is 0 Å². The molecule has 1 atom stereocenters. The SMILES string of the molecule is [C-]#[N+]C(CC)(CC)c1ccc(CCC2(C3CCCC3)CC(O)=C(Cc3nc4ncc(Cl)cn4n3)C(=O)O2)cc1F. The van der Waals surface area contributed by atoms with Crippen LogP contribution in [0.5, 0.6) is 0 Å². The number of aromatic nitrogens is 4. The van der Waals surface area contributed by atoms with Gasteiger partial charge in [0.05, 0.1) is 28.6 Å². The monoisotopic (exact) mass is 565 g/mol. The van der Waals surface area contributed by atoms with Crippen LogP contribution in [-0.2, 0) is 27.9 Å². The first-order chi connectivity index (χ1) is 19.2. The van der Waals surface area contributed by atoms with Gasteiger partial charge < -0.3 is 14.7 Å². The summed E-state index contributed by atoms with van der Waals surface area (Å²) < 4.78 is 22.9. The van der Waals surface area contributed by atoms with Crippen LogP contribution >= 0.6 is 11.6 Å². The Kier molecular flexibility index (Phi) is 7.83. The van der Waals surface area contributed by atoms with Gasteiger partial charge in [-0.3, -0.25) is 0 Å². The van der Waals surface area contributed by atoms with Crippen LogP contribution in [0.3, 0.4) is 0 Å². The standard InChI is InChI=1S/C30H33ClFN5O3/c1-4-29(5-2,33-3)23-11-10-19(14-24(23)32)12-13-30(20-8-6-7-9-20)16-25(38)22(27(39)40-30)15-26-35-28-34-17-21(31)18-37(28)36-26/h10-11,14,17-18,20,38H,4-9,12-13,15-16H2,1-2H3. The largest absolute Gasteiger partial charge is 0.512 e. The van der Waals surface area contributed by atoms with Gasteiger partial charge in [-0.25, -0.2) is 25.3 Å². The number of esters is 1. The summed E-state index contributed by atoms with van der Waals surface area (Å²) in [5.74, 6) is -0.190. The molecule has 3 aromatic rings. The zero-order valence-corrected chi connectivity index (χ0v) is 23.5. The van der Waals surface area contributed by atoms with Gasteiger partial charge in [0, 0.05) is 25.7 Å². The number of fused-ring (bicyclic) bond motifs is 1. The lowest BCUT2D eigenvalue weighted by Crippen LogP contribution is -2.46. The van der Waals surface area contributed by atoms with Crippen LogP contribution < -0.4 is 0 Å². The number of aliphatic hydroxyl groups excluding tert-OH is 1. The van der Waals surface area contributed by atoms with Gasteiger partial charge in [-0.2, -0.15) is 4.98 Å². The lowest BCUT2D eigenvalue weighted by Gasteiger charge is -2.41. The summed E-state index contributed by atoms with van der Waals surface area (Å²) in [6.45, 7) is 11.5. The third-order valence-corrected chi connectivity index (χ3v) is 8.95. The van der Waals surface area contributed by atoms with Gasteiger partial charge in [-0.05, 0) is 49.3 Å². The Morgan fingerprint density at radius 1 is 1.30 bits per heavy atom. The Labute approximate surface area is 238 Å². The van der Waals surface area contributed by atoms with Crippen molar-refractivity contribution in [3.63, 3.8) is 0 Å². The number of carbonyl (C=O) groups is 1. The van der Waals surface area contributed by atoms with Crippen LogP contribution in [0.1, 0.15) is 82.2 Å². The first-order valence-corrected chi connectivity index (χ1v) is 14.3. The Balaban J connectivity index is 1.38. The van der Waals surface area contributed by atoms with E-state index < -0.39 is 17.1 Å². The maximum Gasteiger partial charge on any atom is 0.338 e. The normalized spacial score (nSPS) is 20.2. The van der Waals surface area contributed by atoms with Gasteiger partial charge in [-0.1, -0.05) is 44.4 Å². The Morgan fingerprint density at radius 2 is 2.05 bits per heavy atom. The van der Waals surface area contributed by atoms with Gasteiger partial charge in [0.1, 0.15) is 17.2 Å². The molecule has 8 nitrogen and oxygen atoms in total. The molecule has 1 fully saturated rings. The number of aryl methyl sites for hydroxylation is 1. The second-order valence-corrected chi connectivity index (χ2v) is 11.4. The Morgan fingerprint density at radius 3 is 2.70 bits per heavy atom. The van der Waals surface area contributed by atoms with Crippen LogP contribution in [0.4, 0.5) is 4.39 Å². The lowest BCUT2D eigenvalue weighted by atomic mass is 9.76. The van der Waals surface area contributed by atoms with E-state index in [0.717, 1.165) is 31.2 Å². The average Bonchev–Trinajstić information content (AvgIpc) is 3.62. The van der Waals surface area contributed by atoms with Gasteiger partial charge in [0.2, 0.25) is 0 Å². The number of halogens is 2. The van der Waals surface area contributed by atoms with Gasteiger partial charge in [-0.15, -0.1) is 5.10 Å². The molecule has 0 spiro atoms. The van der Waals surface area contributed by atoms with E-state index in [1.54, 1.807) is 12.3 Å². The minimum Gasteiger partial charge on any atom is -0.512 e. The van der Waals surface area contributed by atoms with Crippen molar-refractivity contribution in [1.29, 1.82) is 0 Å². The van der Waals surface area contributed by atoms with E-state index in [-0.39, 0.29) is 35.9 Å². The average molecular weight is 566 g/mol. The summed E-state index contributed by atoms with van der Waals surface area (Å²) >= 11 is 5.98. The number of benzene rings is 1. The van der Waals surface area contributed by atoms with Crippen LogP contribution in [0.15, 0.2) is 41.9 Å². The highest BCUT2D eigenvalue weighted by Crippen LogP contribution is 2.46. The molecule has 1 saturated carbocycles. The minimum absolute atomic E-state index is 0.0106. The molecule has 1 aliphatic heterocycles. The molecule has 0 saturated heterocycles. The number of aliphatic hydroxyl groups is 1. The quantitative estimate of drug-likeness (QED) is 0.229. The van der Waals surface area contributed by atoms with Gasteiger partial charge in [0.25, 0.3) is 11.3 Å². The summed E-state index contributed by atoms with van der Waals surface area (Å²) in [5.41, 5.74) is -0.396. The first kappa shape index (κ1) is 28.0. The molecule has 0 amide bonds. The fourth-order valence-electron chi connectivity index (χ4n) is 6.32. The molecule has 40 heavy (non-hydrogen) atoms. The zero-order valence-electron chi connectivity index (χ0n) is 22.8. The number of carbonyl (C=O) groups excluding carboxylic acids is 1. The molecule has 210 valence electrons. The summed E-state index contributed by atoms with van der Waals surface area (Å²) in [6, 6.07) is 5.10. The molecule has 1 aromatic carbocycles. The second-order valence-electron chi connectivity index (χ2n) is 10.9. The van der Waals surface area contributed by atoms with E-state index in [0.29, 0.717) is 47.9 Å². The van der Waals surface area contributed by atoms with E-state index in [2.05, 4.69) is 19.9 Å². The lowest BCUT2D eigenvalue weighted by molar-refractivity contribution is -0.167. The molecular weight excluding hydrogens is 533 g/mol. The second kappa shape index (κ2) is 11.2. The number of hydrogen-bond donors (Lipinski definition) is 1. The number of rotatable bonds is 9. The van der Waals surface area contributed by atoms with Gasteiger partial charge in [0.15, 0.2) is 5.82 Å². The summed E-state index contributed by atoms with van der Waals surface area (Å²) in [7, 11) is 0. The molecule has 0 bridgehead atoms. The van der Waals surface area contributed by atoms with E-state index in [1.807, 2.05) is 19.9 Å². The molecule has 0 radical (unpaired) electrons. The fraction of sp³-hybridized carbons (Fsp3) is 0.500. The van der Waals surface area contributed by atoms with Crippen molar-refractivity contribution in [2.75, 3.05) is 0 Å². The molecule has 1 aliphatic carbocycles. The highest BCUT2D eigenvalue weighted by molar-refractivity contribution is 6.30. The van der Waals surface area contributed by atoms with Crippen LogP contribution in [0, 0.1) is 18.3 Å². The highest BCUT2D eigenvalue weighted by Gasteiger charge is 2.48. The molecule has 2 aromatic heterocycles. The zero-order chi connectivity index (χ0) is 28.5. The maximum absolute atomic E-state index is 15.2. The van der Waals surface area contributed by atoms with E-state index in [9.17, 15) is 9.90 Å². The number of hydrogen-bond acceptors (Lipinski definition) is 6. The Hall–Kier alpha value is -3.51. The van der Waals surface area contributed by atoms with Crippen molar-refractivity contribution in [3.05, 3.63) is 81.1 Å². The van der Waals surface area contributed by atoms with E-state index in [1.165, 1.54) is 16.8 Å². The van der Waals surface area contributed by atoms with Crippen molar-refractivity contribution >= 4 is 23.3 Å². The van der Waals surface area contributed by atoms with Crippen molar-refractivity contribution in [2.45, 2.75) is 89.2 Å². The molecule has 5 rings (SSSR count). The maximum atomic E-state index is 15.2. The van der Waals surface area contributed by atoms with Crippen molar-refractivity contribution < 1.29 is 19.0 Å². The molecule has 3 heterocycles. The predicted octanol–water partition coefficient (Wildman–Crippen LogP) is 6.71. The third-order valence-electron chi connectivity index (χ3n) is 8.75. The molecule has 1 unspecified atom stereocenters. The summed E-state index contributed by atoms with van der Waals surface area (Å²) in [4.78, 5) is 25.6. The van der Waals surface area contributed by atoms with Crippen molar-refractivity contribution in [2.24, 2.45) is 5.92 Å². The topological polar surface area (TPSA) is 94.0 Å². The first-order valence-electron chi connectivity index (χ1n) is 13.9. The molecular formula is C30H33ClFN5O3. The highest BCUT2D eigenvalue weighted by atomic mass is 35.5. The van der Waals surface area contributed by atoms with Gasteiger partial charge >= 0.3 is 5.97 Å². The summed E-state index contributed by atoms with van der Waals surface area (Å²) in [5, 5.41) is 15.9. The van der Waals surface area contributed by atoms with Crippen LogP contribution in [-0.4, -0.2) is 36.3 Å².